The van der Waals surface area contributed by atoms with E-state index in [9.17, 15) is 13.2 Å². The van der Waals surface area contributed by atoms with Crippen molar-refractivity contribution in [1.82, 2.24) is 14.8 Å². The molecule has 8 nitrogen and oxygen atoms in total. The quantitative estimate of drug-likeness (QED) is 0.196. The number of hydrogen-bond donors (Lipinski definition) is 0. The van der Waals surface area contributed by atoms with E-state index in [4.69, 9.17) is 4.74 Å². The van der Waals surface area contributed by atoms with Crippen LogP contribution in [0.25, 0.3) is 17.1 Å². The summed E-state index contributed by atoms with van der Waals surface area (Å²) in [6, 6.07) is 16.9. The number of methoxy groups -OCH3 is 1. The van der Waals surface area contributed by atoms with Gasteiger partial charge in [0.1, 0.15) is 17.8 Å². The number of alkyl halides is 3. The van der Waals surface area contributed by atoms with Crippen molar-refractivity contribution in [2.45, 2.75) is 20.2 Å². The van der Waals surface area contributed by atoms with Crippen LogP contribution >= 0.6 is 11.8 Å². The summed E-state index contributed by atoms with van der Waals surface area (Å²) < 4.78 is 47.8. The van der Waals surface area contributed by atoms with Crippen LogP contribution < -0.4 is 14.4 Å². The van der Waals surface area contributed by atoms with E-state index in [0.717, 1.165) is 44.7 Å². The third-order valence-electron chi connectivity index (χ3n) is 5.87. The summed E-state index contributed by atoms with van der Waals surface area (Å²) in [7, 11) is 1.66. The number of rotatable bonds is 7. The first kappa shape index (κ1) is 26.3. The molecule has 4 aromatic rings. The summed E-state index contributed by atoms with van der Waals surface area (Å²) in [5.74, 6) is 1.81. The summed E-state index contributed by atoms with van der Waals surface area (Å²) in [5.41, 5.74) is 5.53. The number of aromatic nitrogens is 3. The smallest absolute Gasteiger partial charge is 0.497 e. The van der Waals surface area contributed by atoms with Crippen molar-refractivity contribution in [3.05, 3.63) is 83.7 Å². The van der Waals surface area contributed by atoms with Crippen molar-refractivity contribution in [2.24, 2.45) is 10.2 Å². The summed E-state index contributed by atoms with van der Waals surface area (Å²) in [6.45, 7) is 4.11. The highest BCUT2D eigenvalue weighted by Crippen LogP contribution is 2.37. The fraction of sp³-hybridized carbons (Fsp3) is 0.185. The molecule has 1 aliphatic heterocycles. The highest BCUT2D eigenvalue weighted by molar-refractivity contribution is 8.16. The Morgan fingerprint density at radius 3 is 2.26 bits per heavy atom. The van der Waals surface area contributed by atoms with Gasteiger partial charge in [0.05, 0.1) is 24.9 Å². The van der Waals surface area contributed by atoms with Gasteiger partial charge in [-0.15, -0.1) is 23.4 Å². The molecular formula is C27H23F3N6O2S. The molecule has 2 heterocycles. The van der Waals surface area contributed by atoms with E-state index in [1.54, 1.807) is 25.1 Å². The van der Waals surface area contributed by atoms with Crippen molar-refractivity contribution < 1.29 is 22.6 Å². The van der Waals surface area contributed by atoms with Gasteiger partial charge in [0.25, 0.3) is 0 Å². The van der Waals surface area contributed by atoms with Crippen LogP contribution in [0.5, 0.6) is 11.5 Å². The van der Waals surface area contributed by atoms with Crippen molar-refractivity contribution in [1.29, 1.82) is 0 Å². The van der Waals surface area contributed by atoms with E-state index >= 15 is 0 Å². The van der Waals surface area contributed by atoms with E-state index in [-0.39, 0.29) is 5.75 Å². The number of amidine groups is 1. The number of nitrogens with zero attached hydrogens (tertiary/aromatic N) is 6. The number of ether oxygens (including phenoxy) is 2. The van der Waals surface area contributed by atoms with Crippen molar-refractivity contribution in [3.63, 3.8) is 0 Å². The number of halogens is 3. The van der Waals surface area contributed by atoms with Gasteiger partial charge in [-0.2, -0.15) is 5.10 Å². The minimum absolute atomic E-state index is 0.302. The fourth-order valence-corrected chi connectivity index (χ4v) is 4.77. The van der Waals surface area contributed by atoms with Crippen LogP contribution in [-0.4, -0.2) is 45.5 Å². The van der Waals surface area contributed by atoms with Crippen LogP contribution in [-0.2, 0) is 0 Å². The largest absolute Gasteiger partial charge is 0.573 e. The predicted molar refractivity (Wildman–Crippen MR) is 146 cm³/mol. The standard InChI is InChI=1S/C27H23F3N6O2S/c1-17-12-23(37-3)13-18(2)24(17)35-16-39-26(35)33-32-14-19-4-6-20(7-5-19)25-31-15-36(34-25)21-8-10-22(11-9-21)38-27(28,29)30/h4-15H,16H2,1-3H3. The molecule has 0 bridgehead atoms. The van der Waals surface area contributed by atoms with Gasteiger partial charge in [0.15, 0.2) is 11.0 Å². The van der Waals surface area contributed by atoms with E-state index in [1.807, 2.05) is 36.4 Å². The summed E-state index contributed by atoms with van der Waals surface area (Å²) in [5, 5.41) is 13.9. The van der Waals surface area contributed by atoms with Gasteiger partial charge in [-0.25, -0.2) is 9.67 Å². The van der Waals surface area contributed by atoms with Crippen LogP contribution in [0, 0.1) is 13.8 Å². The molecule has 39 heavy (non-hydrogen) atoms. The molecule has 200 valence electrons. The van der Waals surface area contributed by atoms with Gasteiger partial charge in [0, 0.05) is 11.3 Å². The lowest BCUT2D eigenvalue weighted by molar-refractivity contribution is -0.274. The maximum absolute atomic E-state index is 12.4. The minimum atomic E-state index is -4.74. The molecular weight excluding hydrogens is 529 g/mol. The Kier molecular flexibility index (Phi) is 7.29. The van der Waals surface area contributed by atoms with E-state index in [1.165, 1.54) is 35.3 Å². The van der Waals surface area contributed by atoms with Gasteiger partial charge in [-0.3, -0.25) is 0 Å². The zero-order chi connectivity index (χ0) is 27.6. The van der Waals surface area contributed by atoms with Gasteiger partial charge in [-0.05, 0) is 66.9 Å². The molecule has 1 aliphatic rings. The van der Waals surface area contributed by atoms with Crippen molar-refractivity contribution in [2.75, 3.05) is 17.9 Å². The van der Waals surface area contributed by atoms with Gasteiger partial charge >= 0.3 is 6.36 Å². The molecule has 0 aliphatic carbocycles. The monoisotopic (exact) mass is 552 g/mol. The Balaban J connectivity index is 1.24. The first-order valence-corrected chi connectivity index (χ1v) is 12.7. The Morgan fingerprint density at radius 1 is 0.974 bits per heavy atom. The number of benzene rings is 3. The van der Waals surface area contributed by atoms with Crippen LogP contribution in [0.1, 0.15) is 16.7 Å². The second-order valence-corrected chi connectivity index (χ2v) is 9.53. The highest BCUT2D eigenvalue weighted by atomic mass is 32.2. The summed E-state index contributed by atoms with van der Waals surface area (Å²) >= 11 is 1.63. The van der Waals surface area contributed by atoms with Crippen LogP contribution in [0.3, 0.4) is 0 Å². The molecule has 0 N–H and O–H groups in total. The van der Waals surface area contributed by atoms with Crippen LogP contribution in [0.4, 0.5) is 18.9 Å². The molecule has 0 saturated carbocycles. The van der Waals surface area contributed by atoms with E-state index in [0.29, 0.717) is 11.5 Å². The van der Waals surface area contributed by atoms with E-state index < -0.39 is 6.36 Å². The van der Waals surface area contributed by atoms with Crippen LogP contribution in [0.2, 0.25) is 0 Å². The molecule has 0 amide bonds. The third kappa shape index (κ3) is 6.06. The summed E-state index contributed by atoms with van der Waals surface area (Å²) in [6.07, 6.45) is -1.56. The normalized spacial score (nSPS) is 14.6. The average Bonchev–Trinajstić information content (AvgIpc) is 3.38. The minimum Gasteiger partial charge on any atom is -0.497 e. The van der Waals surface area contributed by atoms with E-state index in [2.05, 4.69) is 43.8 Å². The molecule has 12 heteroatoms. The van der Waals surface area contributed by atoms with Gasteiger partial charge in [0.2, 0.25) is 0 Å². The second-order valence-electron chi connectivity index (χ2n) is 8.61. The number of thioether (sulfide) groups is 1. The van der Waals surface area contributed by atoms with Gasteiger partial charge in [-0.1, -0.05) is 36.0 Å². The number of hydrogen-bond acceptors (Lipinski definition) is 7. The molecule has 5 rings (SSSR count). The molecule has 1 fully saturated rings. The van der Waals surface area contributed by atoms with Crippen LogP contribution in [0.15, 0.2) is 77.2 Å². The zero-order valence-corrected chi connectivity index (χ0v) is 22.0. The Bertz CT molecular complexity index is 1510. The number of anilines is 1. The Morgan fingerprint density at radius 2 is 1.67 bits per heavy atom. The van der Waals surface area contributed by atoms with Gasteiger partial charge < -0.3 is 14.4 Å². The number of aryl methyl sites for hydroxylation is 2. The lowest BCUT2D eigenvalue weighted by Crippen LogP contribution is -2.39. The summed E-state index contributed by atoms with van der Waals surface area (Å²) in [4.78, 5) is 6.44. The van der Waals surface area contributed by atoms with Crippen molar-refractivity contribution in [3.8, 4) is 28.6 Å². The third-order valence-corrected chi connectivity index (χ3v) is 6.82. The maximum Gasteiger partial charge on any atom is 0.573 e. The molecule has 3 aromatic carbocycles. The topological polar surface area (TPSA) is 77.1 Å². The highest BCUT2D eigenvalue weighted by Gasteiger charge is 2.31. The predicted octanol–water partition coefficient (Wildman–Crippen LogP) is 6.36. The Hall–Kier alpha value is -4.32. The average molecular weight is 553 g/mol. The SMILES string of the molecule is COc1cc(C)c(N2CSC2=NN=Cc2ccc(-c3ncn(-c4ccc(OC(F)(F)F)cc4)n3)cc2)c(C)c1. The lowest BCUT2D eigenvalue weighted by atomic mass is 10.1. The zero-order valence-electron chi connectivity index (χ0n) is 21.2. The Labute approximate surface area is 226 Å². The lowest BCUT2D eigenvalue weighted by Gasteiger charge is -2.35. The maximum atomic E-state index is 12.4. The second kappa shape index (κ2) is 10.8. The van der Waals surface area contributed by atoms with Crippen molar-refractivity contribution >= 4 is 28.8 Å². The molecule has 1 aromatic heterocycles. The fourth-order valence-electron chi connectivity index (χ4n) is 4.07. The molecule has 0 unspecified atom stereocenters. The first-order valence-electron chi connectivity index (χ1n) is 11.7. The molecule has 0 atom stereocenters. The molecule has 0 spiro atoms. The molecule has 0 radical (unpaired) electrons. The first-order chi connectivity index (χ1) is 18.7. The molecule has 1 saturated heterocycles.